The van der Waals surface area contributed by atoms with Crippen LogP contribution in [0.1, 0.15) is 26.2 Å². The third kappa shape index (κ3) is 3.35. The fourth-order valence-corrected chi connectivity index (χ4v) is 3.90. The molecular weight excluding hydrogens is 334 g/mol. The molecule has 0 radical (unpaired) electrons. The third-order valence-electron chi connectivity index (χ3n) is 5.54. The summed E-state index contributed by atoms with van der Waals surface area (Å²) in [6.07, 6.45) is 2.21. The topological polar surface area (TPSA) is 71.1 Å². The van der Waals surface area contributed by atoms with Crippen molar-refractivity contribution in [1.29, 1.82) is 0 Å². The molecule has 0 saturated carbocycles. The normalized spacial score (nSPS) is 23.5. The zero-order valence-corrected chi connectivity index (χ0v) is 15.1. The zero-order chi connectivity index (χ0) is 18.1. The fourth-order valence-electron chi connectivity index (χ4n) is 3.90. The van der Waals surface area contributed by atoms with Gasteiger partial charge in [0.15, 0.2) is 11.5 Å². The molecule has 140 valence electrons. The lowest BCUT2D eigenvalue weighted by Gasteiger charge is -2.32. The van der Waals surface area contributed by atoms with Crippen molar-refractivity contribution in [3.63, 3.8) is 0 Å². The van der Waals surface area contributed by atoms with Crippen molar-refractivity contribution in [3.05, 3.63) is 18.2 Å². The third-order valence-corrected chi connectivity index (χ3v) is 5.54. The van der Waals surface area contributed by atoms with Gasteiger partial charge >= 0.3 is 0 Å². The van der Waals surface area contributed by atoms with Gasteiger partial charge in [-0.1, -0.05) is 6.92 Å². The Kier molecular flexibility index (Phi) is 4.72. The van der Waals surface area contributed by atoms with Gasteiger partial charge in [0, 0.05) is 43.9 Å². The number of carbonyl (C=O) groups is 2. The summed E-state index contributed by atoms with van der Waals surface area (Å²) in [6.45, 7) is 5.88. The van der Waals surface area contributed by atoms with Crippen LogP contribution in [0.15, 0.2) is 18.2 Å². The summed E-state index contributed by atoms with van der Waals surface area (Å²) >= 11 is 0. The van der Waals surface area contributed by atoms with Crippen molar-refractivity contribution in [1.82, 2.24) is 10.2 Å². The molecule has 1 atom stereocenters. The minimum absolute atomic E-state index is 0.00320. The van der Waals surface area contributed by atoms with Crippen LogP contribution in [0.25, 0.3) is 0 Å². The van der Waals surface area contributed by atoms with E-state index in [-0.39, 0.29) is 37.0 Å². The Morgan fingerprint density at radius 1 is 1.23 bits per heavy atom. The van der Waals surface area contributed by atoms with E-state index >= 15 is 0 Å². The van der Waals surface area contributed by atoms with Crippen LogP contribution in [-0.2, 0) is 9.59 Å². The van der Waals surface area contributed by atoms with Crippen molar-refractivity contribution in [2.45, 2.75) is 32.2 Å². The fraction of sp³-hybridized carbons (Fsp3) is 0.579. The summed E-state index contributed by atoms with van der Waals surface area (Å²) < 4.78 is 10.7. The van der Waals surface area contributed by atoms with Crippen molar-refractivity contribution < 1.29 is 19.1 Å². The molecule has 0 aromatic heterocycles. The molecule has 0 unspecified atom stereocenters. The number of rotatable bonds is 4. The maximum absolute atomic E-state index is 12.6. The summed E-state index contributed by atoms with van der Waals surface area (Å²) in [7, 11) is 0. The van der Waals surface area contributed by atoms with E-state index in [1.54, 1.807) is 17.0 Å². The number of benzene rings is 1. The first-order chi connectivity index (χ1) is 12.6. The van der Waals surface area contributed by atoms with Gasteiger partial charge in [0.2, 0.25) is 18.6 Å². The largest absolute Gasteiger partial charge is 0.454 e. The molecule has 3 heterocycles. The molecule has 2 amide bonds. The number of fused-ring (bicyclic) bond motifs is 1. The number of hydrogen-bond acceptors (Lipinski definition) is 5. The summed E-state index contributed by atoms with van der Waals surface area (Å²) in [5, 5.41) is 3.15. The standard InChI is InChI=1S/C19H25N3O4/c1-2-21-7-5-14(6-8-21)20-19(24)13-9-18(23)22(11-13)15-3-4-16-17(10-15)26-12-25-16/h3-4,10,13-14H,2,5-9,11-12H2,1H3,(H,20,24)/t13-/m0/s1. The van der Waals surface area contributed by atoms with E-state index in [4.69, 9.17) is 9.47 Å². The molecule has 1 N–H and O–H groups in total. The number of amides is 2. The van der Waals surface area contributed by atoms with Gasteiger partial charge in [0.05, 0.1) is 5.92 Å². The van der Waals surface area contributed by atoms with E-state index in [1.807, 2.05) is 6.07 Å². The Labute approximate surface area is 153 Å². The number of carbonyl (C=O) groups excluding carboxylic acids is 2. The van der Waals surface area contributed by atoms with Crippen LogP contribution in [0.3, 0.4) is 0 Å². The van der Waals surface area contributed by atoms with Gasteiger partial charge in [0.25, 0.3) is 0 Å². The lowest BCUT2D eigenvalue weighted by molar-refractivity contribution is -0.127. The Morgan fingerprint density at radius 2 is 2.00 bits per heavy atom. The second-order valence-corrected chi connectivity index (χ2v) is 7.16. The number of ether oxygens (including phenoxy) is 2. The molecule has 7 nitrogen and oxygen atoms in total. The molecule has 0 aliphatic carbocycles. The first-order valence-corrected chi connectivity index (χ1v) is 9.37. The molecular formula is C19H25N3O4. The average molecular weight is 359 g/mol. The predicted molar refractivity (Wildman–Crippen MR) is 96.3 cm³/mol. The number of hydrogen-bond donors (Lipinski definition) is 1. The Morgan fingerprint density at radius 3 is 2.77 bits per heavy atom. The molecule has 2 saturated heterocycles. The van der Waals surface area contributed by atoms with Crippen LogP contribution < -0.4 is 19.7 Å². The van der Waals surface area contributed by atoms with Gasteiger partial charge in [0.1, 0.15) is 0 Å². The number of nitrogens with zero attached hydrogens (tertiary/aromatic N) is 2. The molecule has 0 bridgehead atoms. The monoisotopic (exact) mass is 359 g/mol. The lowest BCUT2D eigenvalue weighted by Crippen LogP contribution is -2.46. The van der Waals surface area contributed by atoms with E-state index in [1.165, 1.54) is 0 Å². The number of piperidine rings is 1. The van der Waals surface area contributed by atoms with Crippen molar-refractivity contribution in [2.24, 2.45) is 5.92 Å². The highest BCUT2D eigenvalue weighted by atomic mass is 16.7. The molecule has 3 aliphatic heterocycles. The van der Waals surface area contributed by atoms with E-state index in [2.05, 4.69) is 17.1 Å². The van der Waals surface area contributed by atoms with E-state index in [0.29, 0.717) is 18.0 Å². The molecule has 4 rings (SSSR count). The molecule has 2 fully saturated rings. The minimum Gasteiger partial charge on any atom is -0.454 e. The average Bonchev–Trinajstić information content (AvgIpc) is 3.28. The van der Waals surface area contributed by atoms with Crippen molar-refractivity contribution in [2.75, 3.05) is 37.9 Å². The van der Waals surface area contributed by atoms with Crippen molar-refractivity contribution >= 4 is 17.5 Å². The van der Waals surface area contributed by atoms with E-state index < -0.39 is 0 Å². The van der Waals surface area contributed by atoms with Gasteiger partial charge in [-0.15, -0.1) is 0 Å². The van der Waals surface area contributed by atoms with Crippen LogP contribution >= 0.6 is 0 Å². The maximum Gasteiger partial charge on any atom is 0.231 e. The highest BCUT2D eigenvalue weighted by Gasteiger charge is 2.36. The highest BCUT2D eigenvalue weighted by Crippen LogP contribution is 2.37. The van der Waals surface area contributed by atoms with Gasteiger partial charge in [-0.3, -0.25) is 9.59 Å². The molecule has 26 heavy (non-hydrogen) atoms. The molecule has 0 spiro atoms. The van der Waals surface area contributed by atoms with E-state index in [0.717, 1.165) is 38.2 Å². The number of anilines is 1. The molecule has 1 aromatic carbocycles. The van der Waals surface area contributed by atoms with E-state index in [9.17, 15) is 9.59 Å². The first kappa shape index (κ1) is 17.1. The van der Waals surface area contributed by atoms with Gasteiger partial charge in [-0.25, -0.2) is 0 Å². The lowest BCUT2D eigenvalue weighted by atomic mass is 10.0. The Balaban J connectivity index is 1.36. The molecule has 1 aromatic rings. The van der Waals surface area contributed by atoms with Gasteiger partial charge < -0.3 is 24.6 Å². The highest BCUT2D eigenvalue weighted by molar-refractivity contribution is 6.00. The molecule has 7 heteroatoms. The van der Waals surface area contributed by atoms with Crippen LogP contribution in [-0.4, -0.2) is 55.7 Å². The van der Waals surface area contributed by atoms with Crippen LogP contribution in [0.5, 0.6) is 11.5 Å². The Hall–Kier alpha value is -2.28. The van der Waals surface area contributed by atoms with Gasteiger partial charge in [-0.05, 0) is 31.5 Å². The molecule has 3 aliphatic rings. The maximum atomic E-state index is 12.6. The number of likely N-dealkylation sites (tertiary alicyclic amines) is 1. The first-order valence-electron chi connectivity index (χ1n) is 9.37. The van der Waals surface area contributed by atoms with Crippen molar-refractivity contribution in [3.8, 4) is 11.5 Å². The van der Waals surface area contributed by atoms with Gasteiger partial charge in [-0.2, -0.15) is 0 Å². The summed E-state index contributed by atoms with van der Waals surface area (Å²) in [5.41, 5.74) is 0.755. The van der Waals surface area contributed by atoms with Crippen LogP contribution in [0, 0.1) is 5.92 Å². The second-order valence-electron chi connectivity index (χ2n) is 7.16. The predicted octanol–water partition coefficient (Wildman–Crippen LogP) is 1.37. The SMILES string of the molecule is CCN1CCC(NC(=O)[C@H]2CC(=O)N(c3ccc4c(c3)OCO4)C2)CC1. The minimum atomic E-state index is -0.294. The zero-order valence-electron chi connectivity index (χ0n) is 15.1. The quantitative estimate of drug-likeness (QED) is 0.879. The smallest absolute Gasteiger partial charge is 0.231 e. The van der Waals surface area contributed by atoms with Crippen LogP contribution in [0.4, 0.5) is 5.69 Å². The second kappa shape index (κ2) is 7.15. The summed E-state index contributed by atoms with van der Waals surface area (Å²) in [6, 6.07) is 5.67. The summed E-state index contributed by atoms with van der Waals surface area (Å²) in [5.74, 6) is 1.01. The Bertz CT molecular complexity index is 700. The number of nitrogens with one attached hydrogen (secondary N) is 1. The van der Waals surface area contributed by atoms with Crippen LogP contribution in [0.2, 0.25) is 0 Å². The summed E-state index contributed by atoms with van der Waals surface area (Å²) in [4.78, 5) is 29.1.